The van der Waals surface area contributed by atoms with E-state index in [1.807, 2.05) is 40.8 Å². The molecule has 4 heterocycles. The van der Waals surface area contributed by atoms with Gasteiger partial charge in [0.15, 0.2) is 24.5 Å². The van der Waals surface area contributed by atoms with Gasteiger partial charge in [-0.25, -0.2) is 4.79 Å². The highest BCUT2D eigenvalue weighted by atomic mass is 16.7. The van der Waals surface area contributed by atoms with E-state index >= 15 is 0 Å². The summed E-state index contributed by atoms with van der Waals surface area (Å²) >= 11 is 0. The molecule has 3 fully saturated rings. The van der Waals surface area contributed by atoms with Gasteiger partial charge in [0, 0.05) is 65.5 Å². The monoisotopic (exact) mass is 914 g/mol. The van der Waals surface area contributed by atoms with E-state index in [9.17, 15) is 28.8 Å². The van der Waals surface area contributed by atoms with Crippen molar-refractivity contribution in [2.24, 2.45) is 5.41 Å². The van der Waals surface area contributed by atoms with Crippen LogP contribution in [0.1, 0.15) is 109 Å². The van der Waals surface area contributed by atoms with E-state index in [2.05, 4.69) is 46.6 Å². The van der Waals surface area contributed by atoms with Gasteiger partial charge in [-0.15, -0.1) is 0 Å². The molecule has 0 aliphatic carbocycles. The normalized spacial score (nSPS) is 22.2. The number of rotatable bonds is 14. The molecule has 5 atom stereocenters. The Labute approximate surface area is 387 Å². The van der Waals surface area contributed by atoms with E-state index < -0.39 is 66.2 Å². The lowest BCUT2D eigenvalue weighted by molar-refractivity contribution is -0.267. The molecular weight excluding hydrogens is 849 g/mol. The molecule has 16 heteroatoms. The van der Waals surface area contributed by atoms with E-state index in [1.165, 1.54) is 34.1 Å². The number of aromatic nitrogens is 1. The summed E-state index contributed by atoms with van der Waals surface area (Å²) in [4.78, 5) is 78.6. The first-order valence-electron chi connectivity index (χ1n) is 22.9. The van der Waals surface area contributed by atoms with Crippen LogP contribution in [0.25, 0.3) is 17.0 Å². The van der Waals surface area contributed by atoms with Crippen molar-refractivity contribution in [2.45, 2.75) is 130 Å². The lowest BCUT2D eigenvalue weighted by Gasteiger charge is -2.47. The number of aryl methyl sites for hydroxylation is 1. The predicted molar refractivity (Wildman–Crippen MR) is 245 cm³/mol. The molecule has 2 aromatic carbocycles. The fourth-order valence-electron chi connectivity index (χ4n) is 9.52. The topological polar surface area (TPSA) is 181 Å². The summed E-state index contributed by atoms with van der Waals surface area (Å²) in [7, 11) is 0. The molecule has 3 aliphatic heterocycles. The summed E-state index contributed by atoms with van der Waals surface area (Å²) in [6, 6.07) is 14.3. The molecule has 66 heavy (non-hydrogen) atoms. The molecular formula is C50H66N4O12. The zero-order chi connectivity index (χ0) is 47.8. The van der Waals surface area contributed by atoms with Crippen LogP contribution in [0.5, 0.6) is 0 Å². The number of ether oxygens (including phenoxy) is 6. The van der Waals surface area contributed by atoms with Crippen LogP contribution >= 0.6 is 0 Å². The number of alkyl carbamates (subject to hydrolysis) is 1. The van der Waals surface area contributed by atoms with Crippen molar-refractivity contribution in [1.82, 2.24) is 19.7 Å². The number of piperidine rings is 2. The van der Waals surface area contributed by atoms with Crippen LogP contribution in [0.15, 0.2) is 54.7 Å². The van der Waals surface area contributed by atoms with Crippen molar-refractivity contribution in [3.05, 3.63) is 77.0 Å². The van der Waals surface area contributed by atoms with Gasteiger partial charge < -0.3 is 48.1 Å². The average molecular weight is 915 g/mol. The Bertz CT molecular complexity index is 2250. The zero-order valence-corrected chi connectivity index (χ0v) is 39.6. The maximum absolute atomic E-state index is 12.8. The van der Waals surface area contributed by atoms with Crippen molar-refractivity contribution >= 4 is 52.9 Å². The molecule has 3 saturated heterocycles. The van der Waals surface area contributed by atoms with Crippen LogP contribution in [-0.4, -0.2) is 126 Å². The number of carbonyl (C=O) groups is 6. The van der Waals surface area contributed by atoms with Crippen LogP contribution in [0, 0.1) is 12.3 Å². The van der Waals surface area contributed by atoms with Crippen molar-refractivity contribution in [1.29, 1.82) is 0 Å². The van der Waals surface area contributed by atoms with Gasteiger partial charge in [0.1, 0.15) is 24.9 Å². The molecule has 3 aliphatic rings. The number of nitrogens with zero attached hydrogens (tertiary/aromatic N) is 3. The highest BCUT2D eigenvalue weighted by Gasteiger charge is 2.53. The maximum Gasteiger partial charge on any atom is 0.408 e. The third-order valence-corrected chi connectivity index (χ3v) is 12.4. The number of likely N-dealkylation sites (tertiary alicyclic amines) is 2. The van der Waals surface area contributed by atoms with Crippen molar-refractivity contribution in [2.75, 3.05) is 45.9 Å². The lowest BCUT2D eigenvalue weighted by atomic mass is 9.72. The largest absolute Gasteiger partial charge is 0.463 e. The van der Waals surface area contributed by atoms with E-state index in [4.69, 9.17) is 28.4 Å². The van der Waals surface area contributed by atoms with Gasteiger partial charge >= 0.3 is 30.0 Å². The number of carbonyl (C=O) groups excluding carboxylic acids is 6. The second kappa shape index (κ2) is 21.7. The minimum absolute atomic E-state index is 0.0579. The summed E-state index contributed by atoms with van der Waals surface area (Å²) in [6.07, 6.45) is 5.50. The Kier molecular flexibility index (Phi) is 16.3. The Morgan fingerprint density at radius 1 is 0.833 bits per heavy atom. The number of hydrogen-bond acceptors (Lipinski definition) is 13. The van der Waals surface area contributed by atoms with Gasteiger partial charge in [-0.3, -0.25) is 24.0 Å². The molecule has 3 aromatic rings. The molecule has 358 valence electrons. The molecule has 0 unspecified atom stereocenters. The third-order valence-electron chi connectivity index (χ3n) is 12.4. The predicted octanol–water partition coefficient (Wildman–Crippen LogP) is 6.43. The van der Waals surface area contributed by atoms with Crippen molar-refractivity contribution in [3.63, 3.8) is 0 Å². The van der Waals surface area contributed by atoms with Gasteiger partial charge in [0.2, 0.25) is 5.91 Å². The summed E-state index contributed by atoms with van der Waals surface area (Å²) < 4.78 is 36.1. The quantitative estimate of drug-likeness (QED) is 0.138. The second-order valence-corrected chi connectivity index (χ2v) is 18.8. The second-order valence-electron chi connectivity index (χ2n) is 18.8. The molecule has 6 rings (SSSR count). The Balaban J connectivity index is 1.10. The zero-order valence-electron chi connectivity index (χ0n) is 39.6. The molecule has 16 nitrogen and oxygen atoms in total. The molecule has 0 radical (unpaired) electrons. The Hall–Kier alpha value is -5.74. The van der Waals surface area contributed by atoms with Gasteiger partial charge in [-0.05, 0) is 106 Å². The number of amides is 2. The van der Waals surface area contributed by atoms with Gasteiger partial charge in [0.05, 0.1) is 5.52 Å². The van der Waals surface area contributed by atoms with Crippen LogP contribution in [-0.2, 0) is 58.8 Å². The Morgan fingerprint density at radius 2 is 1.50 bits per heavy atom. The van der Waals surface area contributed by atoms with Gasteiger partial charge in [-0.2, -0.15) is 0 Å². The molecule has 1 N–H and O–H groups in total. The first kappa shape index (κ1) is 49.7. The molecule has 0 bridgehead atoms. The third kappa shape index (κ3) is 13.2. The number of fused-ring (bicyclic) bond motifs is 1. The maximum atomic E-state index is 12.8. The summed E-state index contributed by atoms with van der Waals surface area (Å²) in [6.45, 7) is 16.3. The molecule has 1 aromatic heterocycles. The van der Waals surface area contributed by atoms with Gasteiger partial charge in [0.25, 0.3) is 0 Å². The molecule has 1 spiro atoms. The smallest absolute Gasteiger partial charge is 0.408 e. The fraction of sp³-hybridized carbons (Fsp3) is 0.560. The van der Waals surface area contributed by atoms with E-state index in [0.29, 0.717) is 19.5 Å². The van der Waals surface area contributed by atoms with Crippen LogP contribution in [0.3, 0.4) is 0 Å². The summed E-state index contributed by atoms with van der Waals surface area (Å²) in [5.74, 6) is -2.71. The highest BCUT2D eigenvalue weighted by Crippen LogP contribution is 2.41. The van der Waals surface area contributed by atoms with Crippen LogP contribution in [0.2, 0.25) is 0 Å². The SMILES string of the molecule is CC(=O)OC[C@H]1O[C@@H](n2cc(Cc3ccc(C=CCCN4CCCC5(CCN(C(=O)CNC(=O)OC(C)(C)C)CC5)C4)cc3)c3c(C)cccc32)[C@H](OC(C)=O)[C@@H](OC(C)=O)[C@@H]1OC(C)=O. The number of esters is 4. The number of benzene rings is 2. The van der Waals surface area contributed by atoms with Gasteiger partial charge in [-0.1, -0.05) is 48.6 Å². The number of hydrogen-bond donors (Lipinski definition) is 1. The minimum atomic E-state index is -1.29. The standard InChI is InChI=1S/C50H66N4O12/c1-32-13-11-15-40-43(32)39(29-54(40)47-46(64-36(5)58)45(63-35(4)57)44(62-34(3)56)41(65-47)30-61-33(2)55)27-38-18-16-37(17-19-38)14-9-10-23-52-24-12-20-50(31-52)21-25-53(26-22-50)42(59)28-51-48(60)66-49(6,7)8/h9,11,13-19,29,41,44-47H,10,12,20-28,30-31H2,1-8H3,(H,51,60)/t41-,44-,45+,46-,47-/m1/s1. The van der Waals surface area contributed by atoms with E-state index in [0.717, 1.165) is 78.5 Å². The van der Waals surface area contributed by atoms with Crippen LogP contribution in [0.4, 0.5) is 4.79 Å². The Morgan fingerprint density at radius 3 is 2.15 bits per heavy atom. The van der Waals surface area contributed by atoms with Crippen molar-refractivity contribution < 1.29 is 57.2 Å². The average Bonchev–Trinajstić information content (AvgIpc) is 3.61. The lowest BCUT2D eigenvalue weighted by Crippen LogP contribution is -2.60. The molecule has 0 saturated carbocycles. The minimum Gasteiger partial charge on any atom is -0.463 e. The summed E-state index contributed by atoms with van der Waals surface area (Å²) in [5.41, 5.74) is 4.51. The molecule has 2 amide bonds. The van der Waals surface area contributed by atoms with E-state index in [1.54, 1.807) is 20.8 Å². The summed E-state index contributed by atoms with van der Waals surface area (Å²) in [5, 5.41) is 3.57. The van der Waals surface area contributed by atoms with E-state index in [-0.39, 0.29) is 24.5 Å². The fourth-order valence-corrected chi connectivity index (χ4v) is 9.52. The first-order valence-corrected chi connectivity index (χ1v) is 22.9. The number of nitrogens with one attached hydrogen (secondary N) is 1. The van der Waals surface area contributed by atoms with Crippen LogP contribution < -0.4 is 5.32 Å². The van der Waals surface area contributed by atoms with Crippen molar-refractivity contribution in [3.8, 4) is 0 Å². The first-order chi connectivity index (χ1) is 31.3. The highest BCUT2D eigenvalue weighted by molar-refractivity contribution is 5.88.